The zero-order chi connectivity index (χ0) is 15.4. The summed E-state index contributed by atoms with van der Waals surface area (Å²) in [6.45, 7) is 3.76. The standard InChI is InChI=1S/C16H16N2O3/c1-3-4-5-9-18-15(20)13(14(19)17-16(18)21)12-8-6-7-11(2)10-12/h6-8,10,13H,5,9H2,1-2H3,(H,17,19,21). The molecule has 0 spiro atoms. The first-order valence-electron chi connectivity index (χ1n) is 6.67. The highest BCUT2D eigenvalue weighted by Gasteiger charge is 2.40. The summed E-state index contributed by atoms with van der Waals surface area (Å²) in [5.74, 6) is 3.47. The molecule has 1 saturated heterocycles. The van der Waals surface area contributed by atoms with Gasteiger partial charge < -0.3 is 0 Å². The minimum absolute atomic E-state index is 0.182. The molecular formula is C16H16N2O3. The normalized spacial score (nSPS) is 18.1. The SMILES string of the molecule is CC#CCCN1C(=O)NC(=O)C(c2cccc(C)c2)C1=O. The molecule has 0 radical (unpaired) electrons. The topological polar surface area (TPSA) is 66.5 Å². The lowest BCUT2D eigenvalue weighted by atomic mass is 9.94. The lowest BCUT2D eigenvalue weighted by Crippen LogP contribution is -2.56. The van der Waals surface area contributed by atoms with E-state index >= 15 is 0 Å². The van der Waals surface area contributed by atoms with Crippen molar-refractivity contribution in [1.82, 2.24) is 10.2 Å². The van der Waals surface area contributed by atoms with Gasteiger partial charge in [-0.3, -0.25) is 19.8 Å². The summed E-state index contributed by atoms with van der Waals surface area (Å²) >= 11 is 0. The highest BCUT2D eigenvalue weighted by atomic mass is 16.2. The van der Waals surface area contributed by atoms with E-state index in [1.165, 1.54) is 0 Å². The Morgan fingerprint density at radius 2 is 2.05 bits per heavy atom. The monoisotopic (exact) mass is 284 g/mol. The van der Waals surface area contributed by atoms with Crippen molar-refractivity contribution in [2.75, 3.05) is 6.54 Å². The van der Waals surface area contributed by atoms with Gasteiger partial charge in [0.1, 0.15) is 5.92 Å². The van der Waals surface area contributed by atoms with Crippen LogP contribution >= 0.6 is 0 Å². The molecule has 0 aliphatic carbocycles. The van der Waals surface area contributed by atoms with Crippen LogP contribution in [-0.2, 0) is 9.59 Å². The van der Waals surface area contributed by atoms with Gasteiger partial charge in [-0.25, -0.2) is 4.79 Å². The Hall–Kier alpha value is -2.61. The van der Waals surface area contributed by atoms with Crippen LogP contribution in [0, 0.1) is 18.8 Å². The van der Waals surface area contributed by atoms with Gasteiger partial charge in [0.15, 0.2) is 0 Å². The maximum Gasteiger partial charge on any atom is 0.330 e. The average molecular weight is 284 g/mol. The van der Waals surface area contributed by atoms with Crippen LogP contribution < -0.4 is 5.32 Å². The molecule has 1 N–H and O–H groups in total. The number of urea groups is 1. The molecule has 1 unspecified atom stereocenters. The number of benzene rings is 1. The molecule has 1 heterocycles. The lowest BCUT2D eigenvalue weighted by molar-refractivity contribution is -0.138. The Labute approximate surface area is 123 Å². The summed E-state index contributed by atoms with van der Waals surface area (Å²) in [6.07, 6.45) is 0.393. The highest BCUT2D eigenvalue weighted by Crippen LogP contribution is 2.23. The van der Waals surface area contributed by atoms with Crippen LogP contribution in [0.5, 0.6) is 0 Å². The number of amides is 4. The summed E-state index contributed by atoms with van der Waals surface area (Å²) in [5, 5.41) is 2.23. The zero-order valence-corrected chi connectivity index (χ0v) is 12.0. The molecule has 5 heteroatoms. The fourth-order valence-electron chi connectivity index (χ4n) is 2.26. The van der Waals surface area contributed by atoms with Crippen molar-refractivity contribution in [3.63, 3.8) is 0 Å². The van der Waals surface area contributed by atoms with Crippen LogP contribution in [-0.4, -0.2) is 29.3 Å². The molecule has 0 aromatic heterocycles. The molecule has 1 fully saturated rings. The molecule has 1 atom stereocenters. The van der Waals surface area contributed by atoms with Crippen molar-refractivity contribution in [2.45, 2.75) is 26.2 Å². The Kier molecular flexibility index (Phi) is 4.39. The quantitative estimate of drug-likeness (QED) is 0.677. The smallest absolute Gasteiger partial charge is 0.277 e. The van der Waals surface area contributed by atoms with Crippen LogP contribution in [0.25, 0.3) is 0 Å². The van der Waals surface area contributed by atoms with E-state index in [1.807, 2.05) is 13.0 Å². The minimum Gasteiger partial charge on any atom is -0.277 e. The van der Waals surface area contributed by atoms with E-state index in [1.54, 1.807) is 25.1 Å². The van der Waals surface area contributed by atoms with Crippen molar-refractivity contribution < 1.29 is 14.4 Å². The molecule has 1 aromatic carbocycles. The third-order valence-electron chi connectivity index (χ3n) is 3.26. The van der Waals surface area contributed by atoms with E-state index in [-0.39, 0.29) is 6.54 Å². The molecular weight excluding hydrogens is 268 g/mol. The molecule has 5 nitrogen and oxygen atoms in total. The number of aryl methyl sites for hydroxylation is 1. The second-order valence-electron chi connectivity index (χ2n) is 4.81. The van der Waals surface area contributed by atoms with Gasteiger partial charge in [-0.15, -0.1) is 11.8 Å². The average Bonchev–Trinajstić information content (AvgIpc) is 2.42. The first-order valence-corrected chi connectivity index (χ1v) is 6.67. The summed E-state index contributed by atoms with van der Waals surface area (Å²) in [6, 6.07) is 6.49. The van der Waals surface area contributed by atoms with Crippen molar-refractivity contribution in [3.05, 3.63) is 35.4 Å². The lowest BCUT2D eigenvalue weighted by Gasteiger charge is -2.30. The maximum atomic E-state index is 12.4. The Morgan fingerprint density at radius 1 is 1.29 bits per heavy atom. The summed E-state index contributed by atoms with van der Waals surface area (Å²) in [7, 11) is 0. The Balaban J connectivity index is 2.28. The molecule has 0 bridgehead atoms. The molecule has 1 aliphatic heterocycles. The third kappa shape index (κ3) is 3.11. The van der Waals surface area contributed by atoms with E-state index < -0.39 is 23.8 Å². The van der Waals surface area contributed by atoms with Crippen molar-refractivity contribution >= 4 is 17.8 Å². The number of rotatable bonds is 3. The van der Waals surface area contributed by atoms with Crippen LogP contribution in [0.2, 0.25) is 0 Å². The number of imide groups is 2. The van der Waals surface area contributed by atoms with Gasteiger partial charge in [-0.1, -0.05) is 29.8 Å². The number of hydrogen-bond donors (Lipinski definition) is 1. The van der Waals surface area contributed by atoms with Gasteiger partial charge in [0.2, 0.25) is 11.8 Å². The largest absolute Gasteiger partial charge is 0.330 e. The van der Waals surface area contributed by atoms with Crippen molar-refractivity contribution in [2.24, 2.45) is 0 Å². The second-order valence-corrected chi connectivity index (χ2v) is 4.81. The number of nitrogens with one attached hydrogen (secondary N) is 1. The Morgan fingerprint density at radius 3 is 2.71 bits per heavy atom. The summed E-state index contributed by atoms with van der Waals surface area (Å²) in [4.78, 5) is 37.3. The van der Waals surface area contributed by atoms with E-state index in [2.05, 4.69) is 17.2 Å². The van der Waals surface area contributed by atoms with Gasteiger partial charge >= 0.3 is 6.03 Å². The molecule has 0 saturated carbocycles. The number of carbonyl (C=O) groups excluding carboxylic acids is 3. The molecule has 1 aromatic rings. The van der Waals surface area contributed by atoms with E-state index in [4.69, 9.17) is 0 Å². The second kappa shape index (κ2) is 6.23. The molecule has 1 aliphatic rings. The first kappa shape index (κ1) is 14.8. The van der Waals surface area contributed by atoms with Gasteiger partial charge in [-0.2, -0.15) is 0 Å². The molecule has 108 valence electrons. The summed E-state index contributed by atoms with van der Waals surface area (Å²) in [5.41, 5.74) is 1.55. The fourth-order valence-corrected chi connectivity index (χ4v) is 2.26. The highest BCUT2D eigenvalue weighted by molar-refractivity contribution is 6.19. The van der Waals surface area contributed by atoms with Crippen LogP contribution in [0.4, 0.5) is 4.79 Å². The number of barbiturate groups is 1. The maximum absolute atomic E-state index is 12.4. The van der Waals surface area contributed by atoms with Gasteiger partial charge in [0, 0.05) is 13.0 Å². The van der Waals surface area contributed by atoms with Crippen LogP contribution in [0.3, 0.4) is 0 Å². The number of nitrogens with zero attached hydrogens (tertiary/aromatic N) is 1. The van der Waals surface area contributed by atoms with Crippen molar-refractivity contribution in [1.29, 1.82) is 0 Å². The fraction of sp³-hybridized carbons (Fsp3) is 0.312. The van der Waals surface area contributed by atoms with E-state index in [0.29, 0.717) is 12.0 Å². The molecule has 4 amide bonds. The summed E-state index contributed by atoms with van der Waals surface area (Å²) < 4.78 is 0. The Bertz CT molecular complexity index is 655. The van der Waals surface area contributed by atoms with Gasteiger partial charge in [0.25, 0.3) is 0 Å². The number of carbonyl (C=O) groups is 3. The van der Waals surface area contributed by atoms with Crippen LogP contribution in [0.1, 0.15) is 30.4 Å². The number of hydrogen-bond acceptors (Lipinski definition) is 3. The third-order valence-corrected chi connectivity index (χ3v) is 3.26. The van der Waals surface area contributed by atoms with E-state index in [9.17, 15) is 14.4 Å². The zero-order valence-electron chi connectivity index (χ0n) is 12.0. The van der Waals surface area contributed by atoms with Crippen molar-refractivity contribution in [3.8, 4) is 11.8 Å². The molecule has 2 rings (SSSR count). The molecule has 21 heavy (non-hydrogen) atoms. The predicted molar refractivity (Wildman–Crippen MR) is 77.2 cm³/mol. The first-order chi connectivity index (χ1) is 10.0. The van der Waals surface area contributed by atoms with Crippen LogP contribution in [0.15, 0.2) is 24.3 Å². The van der Waals surface area contributed by atoms with E-state index in [0.717, 1.165) is 10.5 Å². The van der Waals surface area contributed by atoms with Gasteiger partial charge in [0.05, 0.1) is 0 Å². The predicted octanol–water partition coefficient (Wildman–Crippen LogP) is 1.57. The minimum atomic E-state index is -0.975. The van der Waals surface area contributed by atoms with Gasteiger partial charge in [-0.05, 0) is 19.4 Å².